The number of hydrogen-bond donors (Lipinski definition) is 4. The van der Waals surface area contributed by atoms with Crippen LogP contribution in [-0.4, -0.2) is 54.9 Å². The maximum atomic E-state index is 13.9. The molecule has 0 saturated carbocycles. The highest BCUT2D eigenvalue weighted by molar-refractivity contribution is 6.18. The zero-order valence-corrected chi connectivity index (χ0v) is 16.6. The summed E-state index contributed by atoms with van der Waals surface area (Å²) in [5.74, 6) is 0.394. The first-order valence-corrected chi connectivity index (χ1v) is 9.80. The van der Waals surface area contributed by atoms with E-state index in [0.29, 0.717) is 36.5 Å². The number of rotatable bonds is 5. The van der Waals surface area contributed by atoms with Crippen LogP contribution in [0.25, 0.3) is 0 Å². The minimum absolute atomic E-state index is 0.0725. The van der Waals surface area contributed by atoms with Crippen LogP contribution in [0.15, 0.2) is 40.8 Å². The summed E-state index contributed by atoms with van der Waals surface area (Å²) < 4.78 is 19.8. The molecule has 1 aromatic rings. The molecular formula is C21H24FN5O3. The van der Waals surface area contributed by atoms with E-state index in [9.17, 15) is 14.3 Å². The molecule has 0 spiro atoms. The summed E-state index contributed by atoms with van der Waals surface area (Å²) in [6.45, 7) is 2.43. The third kappa shape index (κ3) is 3.80. The fourth-order valence-electron chi connectivity index (χ4n) is 3.84. The summed E-state index contributed by atoms with van der Waals surface area (Å²) >= 11 is 0. The highest BCUT2D eigenvalue weighted by atomic mass is 19.1. The van der Waals surface area contributed by atoms with Crippen LogP contribution in [0.4, 0.5) is 15.8 Å². The normalized spacial score (nSPS) is 26.1. The number of amides is 1. The lowest BCUT2D eigenvalue weighted by Crippen LogP contribution is -2.34. The van der Waals surface area contributed by atoms with Gasteiger partial charge in [-0.2, -0.15) is 0 Å². The SMILES string of the molecule is C[C@]1(CO)Cc2cc(NC(=O)/C(C=N)=C3\N=CC=CN3)c(N3CC[C@@H](F)C3)cc2O1. The smallest absolute Gasteiger partial charge is 0.261 e. The van der Waals surface area contributed by atoms with Crippen molar-refractivity contribution in [2.24, 2.45) is 4.99 Å². The average molecular weight is 413 g/mol. The number of allylic oxidation sites excluding steroid dienone is 1. The Morgan fingerprint density at radius 2 is 2.40 bits per heavy atom. The molecule has 4 N–H and O–H groups in total. The van der Waals surface area contributed by atoms with Gasteiger partial charge in [-0.05, 0) is 25.5 Å². The van der Waals surface area contributed by atoms with Crippen molar-refractivity contribution in [2.45, 2.75) is 31.5 Å². The van der Waals surface area contributed by atoms with Gasteiger partial charge in [0.2, 0.25) is 0 Å². The van der Waals surface area contributed by atoms with Gasteiger partial charge in [-0.25, -0.2) is 9.38 Å². The number of hydrogen-bond acceptors (Lipinski definition) is 7. The van der Waals surface area contributed by atoms with Crippen LogP contribution in [0.5, 0.6) is 5.75 Å². The van der Waals surface area contributed by atoms with Crippen LogP contribution in [0.1, 0.15) is 18.9 Å². The molecule has 0 radical (unpaired) electrons. The second-order valence-corrected chi connectivity index (χ2v) is 7.84. The van der Waals surface area contributed by atoms with Gasteiger partial charge in [0.1, 0.15) is 23.3 Å². The maximum absolute atomic E-state index is 13.9. The molecule has 0 unspecified atom stereocenters. The standard InChI is InChI=1S/C21H24FN5O3/c1-21(12-28)9-13-7-16(17(8-18(13)30-21)27-6-3-14(22)11-27)26-20(29)15(10-23)19-24-4-2-5-25-19/h2,4-5,7-8,10,14,23-24,28H,3,6,9,11-12H2,1H3,(H,26,29)/b19-15-,23-10?/t14-,21-/m1/s1. The molecule has 158 valence electrons. The Bertz CT molecular complexity index is 974. The van der Waals surface area contributed by atoms with Crippen molar-refractivity contribution < 1.29 is 19.0 Å². The third-order valence-corrected chi connectivity index (χ3v) is 5.40. The lowest BCUT2D eigenvalue weighted by molar-refractivity contribution is -0.112. The number of nitrogens with one attached hydrogen (secondary N) is 3. The molecule has 2 atom stereocenters. The molecule has 3 aliphatic rings. The van der Waals surface area contributed by atoms with Gasteiger partial charge < -0.3 is 30.8 Å². The number of carbonyl (C=O) groups excluding carboxylic acids is 1. The Labute approximate surface area is 173 Å². The van der Waals surface area contributed by atoms with Crippen LogP contribution in [0.3, 0.4) is 0 Å². The Morgan fingerprint density at radius 1 is 1.57 bits per heavy atom. The zero-order chi connectivity index (χ0) is 21.3. The lowest BCUT2D eigenvalue weighted by atomic mass is 9.99. The average Bonchev–Trinajstić information content (AvgIpc) is 3.31. The number of benzene rings is 1. The van der Waals surface area contributed by atoms with Gasteiger partial charge in [0, 0.05) is 49.8 Å². The van der Waals surface area contributed by atoms with E-state index in [1.807, 2.05) is 11.8 Å². The first-order valence-electron chi connectivity index (χ1n) is 9.80. The van der Waals surface area contributed by atoms with E-state index in [-0.39, 0.29) is 24.5 Å². The van der Waals surface area contributed by atoms with Crippen LogP contribution in [0.2, 0.25) is 0 Å². The van der Waals surface area contributed by atoms with E-state index in [2.05, 4.69) is 15.6 Å². The molecule has 1 amide bonds. The van der Waals surface area contributed by atoms with E-state index >= 15 is 0 Å². The number of aliphatic hydroxyl groups is 1. The Hall–Kier alpha value is -3.20. The predicted octanol–water partition coefficient (Wildman–Crippen LogP) is 1.91. The largest absolute Gasteiger partial charge is 0.484 e. The van der Waals surface area contributed by atoms with Crippen molar-refractivity contribution in [1.29, 1.82) is 5.41 Å². The molecule has 0 aromatic heterocycles. The molecule has 4 rings (SSSR count). The van der Waals surface area contributed by atoms with Crippen molar-refractivity contribution in [3.63, 3.8) is 0 Å². The topological polar surface area (TPSA) is 110 Å². The molecule has 1 fully saturated rings. The summed E-state index contributed by atoms with van der Waals surface area (Å²) in [6.07, 6.45) is 5.75. The summed E-state index contributed by atoms with van der Waals surface area (Å²) in [6, 6.07) is 3.60. The van der Waals surface area contributed by atoms with Crippen molar-refractivity contribution in [3.05, 3.63) is 41.4 Å². The highest BCUT2D eigenvalue weighted by Crippen LogP contribution is 2.42. The molecule has 0 aliphatic carbocycles. The molecule has 8 nitrogen and oxygen atoms in total. The number of carbonyl (C=O) groups is 1. The summed E-state index contributed by atoms with van der Waals surface area (Å²) in [5, 5.41) is 23.0. The monoisotopic (exact) mass is 413 g/mol. The van der Waals surface area contributed by atoms with E-state index in [1.165, 1.54) is 6.21 Å². The number of ether oxygens (including phenoxy) is 1. The molecule has 30 heavy (non-hydrogen) atoms. The molecule has 9 heteroatoms. The molecular weight excluding hydrogens is 389 g/mol. The predicted molar refractivity (Wildman–Crippen MR) is 113 cm³/mol. The van der Waals surface area contributed by atoms with Crippen molar-refractivity contribution in [3.8, 4) is 5.75 Å². The van der Waals surface area contributed by atoms with E-state index in [1.54, 1.807) is 24.4 Å². The Morgan fingerprint density at radius 3 is 3.03 bits per heavy atom. The van der Waals surface area contributed by atoms with Crippen LogP contribution in [0, 0.1) is 5.41 Å². The number of aliphatic hydroxyl groups excluding tert-OH is 1. The lowest BCUT2D eigenvalue weighted by Gasteiger charge is -2.23. The summed E-state index contributed by atoms with van der Waals surface area (Å²) in [4.78, 5) is 18.9. The molecule has 1 saturated heterocycles. The van der Waals surface area contributed by atoms with Crippen LogP contribution >= 0.6 is 0 Å². The minimum Gasteiger partial charge on any atom is -0.484 e. The van der Waals surface area contributed by atoms with Crippen molar-refractivity contribution in [1.82, 2.24) is 5.32 Å². The highest BCUT2D eigenvalue weighted by Gasteiger charge is 2.36. The fraction of sp³-hybridized carbons (Fsp3) is 0.381. The van der Waals surface area contributed by atoms with Gasteiger partial charge in [-0.15, -0.1) is 0 Å². The van der Waals surface area contributed by atoms with E-state index < -0.39 is 17.7 Å². The summed E-state index contributed by atoms with van der Waals surface area (Å²) in [5.41, 5.74) is 1.35. The summed E-state index contributed by atoms with van der Waals surface area (Å²) in [7, 11) is 0. The van der Waals surface area contributed by atoms with Gasteiger partial charge in [-0.3, -0.25) is 4.79 Å². The Kier molecular flexibility index (Phi) is 5.29. The van der Waals surface area contributed by atoms with Gasteiger partial charge >= 0.3 is 0 Å². The first-order chi connectivity index (χ1) is 14.4. The number of halogens is 1. The number of alkyl halides is 1. The van der Waals surface area contributed by atoms with Gasteiger partial charge in [0.15, 0.2) is 0 Å². The second-order valence-electron chi connectivity index (χ2n) is 7.84. The van der Waals surface area contributed by atoms with Gasteiger partial charge in [-0.1, -0.05) is 0 Å². The third-order valence-electron chi connectivity index (χ3n) is 5.40. The van der Waals surface area contributed by atoms with Crippen LogP contribution < -0.4 is 20.3 Å². The molecule has 0 bridgehead atoms. The minimum atomic E-state index is -0.933. The number of fused-ring (bicyclic) bond motifs is 1. The Balaban J connectivity index is 1.69. The molecule has 1 aromatic carbocycles. The fourth-order valence-corrected chi connectivity index (χ4v) is 3.84. The maximum Gasteiger partial charge on any atom is 0.261 e. The first kappa shape index (κ1) is 20.1. The zero-order valence-electron chi connectivity index (χ0n) is 16.6. The molecule has 3 aliphatic heterocycles. The van der Waals surface area contributed by atoms with Gasteiger partial charge in [0.25, 0.3) is 5.91 Å². The van der Waals surface area contributed by atoms with E-state index in [4.69, 9.17) is 10.1 Å². The molecule has 3 heterocycles. The number of nitrogens with zero attached hydrogens (tertiary/aromatic N) is 2. The van der Waals surface area contributed by atoms with Crippen molar-refractivity contribution >= 4 is 29.7 Å². The number of aliphatic imine (C=N–C) groups is 1. The van der Waals surface area contributed by atoms with Crippen molar-refractivity contribution in [2.75, 3.05) is 29.9 Å². The number of anilines is 2. The quantitative estimate of drug-likeness (QED) is 0.435. The van der Waals surface area contributed by atoms with Crippen LogP contribution in [-0.2, 0) is 11.2 Å². The van der Waals surface area contributed by atoms with E-state index in [0.717, 1.165) is 11.8 Å². The second kappa shape index (κ2) is 7.91. The van der Waals surface area contributed by atoms with Gasteiger partial charge in [0.05, 0.1) is 23.6 Å².